The van der Waals surface area contributed by atoms with Gasteiger partial charge in [0.25, 0.3) is 0 Å². The molecule has 1 heterocycles. The van der Waals surface area contributed by atoms with Crippen LogP contribution in [0.4, 0.5) is 0 Å². The van der Waals surface area contributed by atoms with E-state index in [1.54, 1.807) is 0 Å². The number of amides is 1. The zero-order chi connectivity index (χ0) is 12.3. The van der Waals surface area contributed by atoms with Gasteiger partial charge in [0.1, 0.15) is 0 Å². The Hall–Kier alpha value is -0.570. The predicted octanol–water partition coefficient (Wildman–Crippen LogP) is 2.17. The lowest BCUT2D eigenvalue weighted by molar-refractivity contribution is -0.134. The molecule has 0 spiro atoms. The molecule has 98 valence electrons. The number of nitrogens with one attached hydrogen (secondary N) is 1. The van der Waals surface area contributed by atoms with Gasteiger partial charge in [-0.3, -0.25) is 4.79 Å². The second kappa shape index (κ2) is 5.85. The van der Waals surface area contributed by atoms with Gasteiger partial charge in [0, 0.05) is 18.5 Å². The van der Waals surface area contributed by atoms with E-state index in [0.29, 0.717) is 24.4 Å². The molecule has 0 aromatic heterocycles. The molecule has 1 saturated carbocycles. The maximum absolute atomic E-state index is 12.3. The number of nitrogens with zero attached hydrogens (tertiary/aromatic N) is 1. The first-order valence-electron chi connectivity index (χ1n) is 7.19. The summed E-state index contributed by atoms with van der Waals surface area (Å²) in [6.45, 7) is 3.18. The molecule has 1 aliphatic heterocycles. The number of likely N-dealkylation sites (tertiary alicyclic amines) is 1. The molecule has 3 unspecified atom stereocenters. The van der Waals surface area contributed by atoms with E-state index in [1.165, 1.54) is 32.1 Å². The molecule has 1 amide bonds. The van der Waals surface area contributed by atoms with E-state index >= 15 is 0 Å². The Morgan fingerprint density at radius 2 is 2.12 bits per heavy atom. The summed E-state index contributed by atoms with van der Waals surface area (Å²) < 4.78 is 0. The maximum Gasteiger partial charge on any atom is 0.223 e. The fourth-order valence-corrected chi connectivity index (χ4v) is 3.68. The Morgan fingerprint density at radius 3 is 2.88 bits per heavy atom. The van der Waals surface area contributed by atoms with Crippen molar-refractivity contribution in [2.24, 2.45) is 5.92 Å². The molecule has 1 saturated heterocycles. The first-order chi connectivity index (χ1) is 8.24. The molecule has 0 aromatic carbocycles. The van der Waals surface area contributed by atoms with Crippen molar-refractivity contribution in [1.29, 1.82) is 0 Å². The van der Waals surface area contributed by atoms with Crippen LogP contribution in [0.15, 0.2) is 0 Å². The average Bonchev–Trinajstić information content (AvgIpc) is 2.65. The Bertz CT molecular complexity index is 267. The summed E-state index contributed by atoms with van der Waals surface area (Å²) in [5.74, 6) is 1.19. The first-order valence-corrected chi connectivity index (χ1v) is 7.19. The maximum atomic E-state index is 12.3. The van der Waals surface area contributed by atoms with Gasteiger partial charge in [-0.15, -0.1) is 0 Å². The van der Waals surface area contributed by atoms with Crippen LogP contribution in [0.2, 0.25) is 0 Å². The minimum atomic E-state index is 0.391. The largest absolute Gasteiger partial charge is 0.337 e. The molecule has 3 heteroatoms. The fraction of sp³-hybridized carbons (Fsp3) is 0.929. The van der Waals surface area contributed by atoms with Gasteiger partial charge in [0.2, 0.25) is 5.91 Å². The third-order valence-electron chi connectivity index (χ3n) is 4.45. The fourth-order valence-electron chi connectivity index (χ4n) is 3.68. The van der Waals surface area contributed by atoms with Crippen molar-refractivity contribution in [3.8, 4) is 0 Å². The van der Waals surface area contributed by atoms with Gasteiger partial charge in [0.15, 0.2) is 0 Å². The van der Waals surface area contributed by atoms with E-state index in [1.807, 2.05) is 7.05 Å². The van der Waals surface area contributed by atoms with Crippen LogP contribution in [0.5, 0.6) is 0 Å². The van der Waals surface area contributed by atoms with Crippen LogP contribution in [0, 0.1) is 5.92 Å². The van der Waals surface area contributed by atoms with E-state index in [0.717, 1.165) is 18.9 Å². The van der Waals surface area contributed by atoms with Gasteiger partial charge in [0.05, 0.1) is 0 Å². The number of carbonyl (C=O) groups excluding carboxylic acids is 1. The summed E-state index contributed by atoms with van der Waals surface area (Å²) in [5, 5.41) is 3.11. The molecule has 3 atom stereocenters. The molecule has 0 bridgehead atoms. The Kier molecular flexibility index (Phi) is 4.43. The molecule has 3 nitrogen and oxygen atoms in total. The SMILES string of the molecule is CNCCCC(=O)N1C(C)CC2CCCCC21. The molecule has 1 aliphatic carbocycles. The van der Waals surface area contributed by atoms with Crippen LogP contribution in [-0.4, -0.2) is 36.5 Å². The van der Waals surface area contributed by atoms with Crippen molar-refractivity contribution >= 4 is 5.91 Å². The minimum absolute atomic E-state index is 0.391. The van der Waals surface area contributed by atoms with Gasteiger partial charge in [-0.25, -0.2) is 0 Å². The van der Waals surface area contributed by atoms with Gasteiger partial charge in [-0.2, -0.15) is 0 Å². The molecule has 17 heavy (non-hydrogen) atoms. The first kappa shape index (κ1) is 12.9. The van der Waals surface area contributed by atoms with E-state index in [2.05, 4.69) is 17.1 Å². The number of rotatable bonds is 4. The van der Waals surface area contributed by atoms with E-state index in [4.69, 9.17) is 0 Å². The van der Waals surface area contributed by atoms with Crippen LogP contribution < -0.4 is 5.32 Å². The molecule has 0 radical (unpaired) electrons. The van der Waals surface area contributed by atoms with Crippen LogP contribution in [0.25, 0.3) is 0 Å². The van der Waals surface area contributed by atoms with Gasteiger partial charge in [-0.1, -0.05) is 12.8 Å². The van der Waals surface area contributed by atoms with E-state index < -0.39 is 0 Å². The standard InChI is InChI=1S/C14H26N2O/c1-11-10-12-6-3-4-7-13(12)16(11)14(17)8-5-9-15-2/h11-13,15H,3-10H2,1-2H3. The van der Waals surface area contributed by atoms with Crippen molar-refractivity contribution in [1.82, 2.24) is 10.2 Å². The van der Waals surface area contributed by atoms with E-state index in [-0.39, 0.29) is 0 Å². The number of carbonyl (C=O) groups is 1. The van der Waals surface area contributed by atoms with Crippen LogP contribution in [0.1, 0.15) is 51.9 Å². The second-order valence-electron chi connectivity index (χ2n) is 5.70. The number of hydrogen-bond acceptors (Lipinski definition) is 2. The van der Waals surface area contributed by atoms with Gasteiger partial charge in [-0.05, 0) is 52.1 Å². The Morgan fingerprint density at radius 1 is 1.35 bits per heavy atom. The molecule has 2 aliphatic rings. The third-order valence-corrected chi connectivity index (χ3v) is 4.45. The highest BCUT2D eigenvalue weighted by Crippen LogP contribution is 2.39. The van der Waals surface area contributed by atoms with Crippen molar-refractivity contribution in [3.63, 3.8) is 0 Å². The summed E-state index contributed by atoms with van der Waals surface area (Å²) in [6.07, 6.45) is 8.19. The lowest BCUT2D eigenvalue weighted by Crippen LogP contribution is -2.42. The highest BCUT2D eigenvalue weighted by atomic mass is 16.2. The molecule has 1 N–H and O–H groups in total. The molecular formula is C14H26N2O. The van der Waals surface area contributed by atoms with Crippen molar-refractivity contribution < 1.29 is 4.79 Å². The summed E-state index contributed by atoms with van der Waals surface area (Å²) in [5.41, 5.74) is 0. The lowest BCUT2D eigenvalue weighted by Gasteiger charge is -2.33. The zero-order valence-electron chi connectivity index (χ0n) is 11.2. The summed E-state index contributed by atoms with van der Waals surface area (Å²) in [7, 11) is 1.94. The molecule has 2 rings (SSSR count). The second-order valence-corrected chi connectivity index (χ2v) is 5.70. The Balaban J connectivity index is 1.91. The molecular weight excluding hydrogens is 212 g/mol. The quantitative estimate of drug-likeness (QED) is 0.761. The number of fused-ring (bicyclic) bond motifs is 1. The minimum Gasteiger partial charge on any atom is -0.337 e. The summed E-state index contributed by atoms with van der Waals surface area (Å²) in [4.78, 5) is 14.5. The van der Waals surface area contributed by atoms with Crippen LogP contribution >= 0.6 is 0 Å². The monoisotopic (exact) mass is 238 g/mol. The molecule has 2 fully saturated rings. The van der Waals surface area contributed by atoms with Gasteiger partial charge >= 0.3 is 0 Å². The number of hydrogen-bond donors (Lipinski definition) is 1. The highest BCUT2D eigenvalue weighted by molar-refractivity contribution is 5.77. The van der Waals surface area contributed by atoms with Crippen molar-refractivity contribution in [2.45, 2.75) is 64.0 Å². The topological polar surface area (TPSA) is 32.3 Å². The van der Waals surface area contributed by atoms with E-state index in [9.17, 15) is 4.79 Å². The predicted molar refractivity (Wildman–Crippen MR) is 69.8 cm³/mol. The molecule has 0 aromatic rings. The zero-order valence-corrected chi connectivity index (χ0v) is 11.2. The van der Waals surface area contributed by atoms with Gasteiger partial charge < -0.3 is 10.2 Å². The smallest absolute Gasteiger partial charge is 0.223 e. The van der Waals surface area contributed by atoms with Crippen LogP contribution in [-0.2, 0) is 4.79 Å². The Labute approximate surface area is 105 Å². The normalized spacial score (nSPS) is 32.6. The summed E-state index contributed by atoms with van der Waals surface area (Å²) in [6, 6.07) is 1.05. The van der Waals surface area contributed by atoms with Crippen molar-refractivity contribution in [2.75, 3.05) is 13.6 Å². The average molecular weight is 238 g/mol. The third kappa shape index (κ3) is 2.82. The van der Waals surface area contributed by atoms with Crippen molar-refractivity contribution in [3.05, 3.63) is 0 Å². The highest BCUT2D eigenvalue weighted by Gasteiger charge is 2.41. The summed E-state index contributed by atoms with van der Waals surface area (Å²) >= 11 is 0. The lowest BCUT2D eigenvalue weighted by atomic mass is 9.85. The van der Waals surface area contributed by atoms with Crippen LogP contribution in [0.3, 0.4) is 0 Å².